The molecule has 1 aromatic carbocycles. The molecule has 1 aromatic rings. The summed E-state index contributed by atoms with van der Waals surface area (Å²) in [5.74, 6) is -0.487. The summed E-state index contributed by atoms with van der Waals surface area (Å²) in [4.78, 5) is 36.0. The zero-order valence-electron chi connectivity index (χ0n) is 13.5. The van der Waals surface area contributed by atoms with Gasteiger partial charge in [-0.15, -0.1) is 11.6 Å². The lowest BCUT2D eigenvalue weighted by Gasteiger charge is -2.23. The van der Waals surface area contributed by atoms with E-state index in [4.69, 9.17) is 16.3 Å². The van der Waals surface area contributed by atoms with Gasteiger partial charge in [0.2, 0.25) is 0 Å². The summed E-state index contributed by atoms with van der Waals surface area (Å²) in [6, 6.07) is 4.02. The van der Waals surface area contributed by atoms with Crippen molar-refractivity contribution in [2.24, 2.45) is 0 Å². The van der Waals surface area contributed by atoms with Gasteiger partial charge in [0, 0.05) is 18.5 Å². The summed E-state index contributed by atoms with van der Waals surface area (Å²) in [7, 11) is 1.12. The molecule has 8 nitrogen and oxygen atoms in total. The van der Waals surface area contributed by atoms with Gasteiger partial charge in [0.25, 0.3) is 5.69 Å². The second-order valence-electron chi connectivity index (χ2n) is 4.67. The van der Waals surface area contributed by atoms with Gasteiger partial charge in [-0.05, 0) is 25.8 Å². The van der Waals surface area contributed by atoms with Gasteiger partial charge in [0.15, 0.2) is 5.56 Å². The maximum absolute atomic E-state index is 12.2. The van der Waals surface area contributed by atoms with E-state index in [0.29, 0.717) is 18.7 Å². The summed E-state index contributed by atoms with van der Waals surface area (Å²) in [6.45, 7) is 1.98. The van der Waals surface area contributed by atoms with E-state index < -0.39 is 22.7 Å². The summed E-state index contributed by atoms with van der Waals surface area (Å²) < 4.78 is 9.63. The Bertz CT molecular complexity index is 608. The van der Waals surface area contributed by atoms with E-state index >= 15 is 0 Å². The van der Waals surface area contributed by atoms with E-state index in [0.717, 1.165) is 7.11 Å². The maximum atomic E-state index is 12.2. The van der Waals surface area contributed by atoms with Crippen molar-refractivity contribution in [3.8, 4) is 0 Å². The van der Waals surface area contributed by atoms with Gasteiger partial charge < -0.3 is 9.47 Å². The van der Waals surface area contributed by atoms with E-state index in [1.54, 1.807) is 6.92 Å². The number of ether oxygens (including phenoxy) is 2. The molecule has 0 saturated carbocycles. The average molecular weight is 359 g/mol. The Morgan fingerprint density at radius 3 is 2.58 bits per heavy atom. The number of unbranched alkanes of at least 4 members (excludes halogenated alkanes) is 1. The Kier molecular flexibility index (Phi) is 7.97. The van der Waals surface area contributed by atoms with Crippen molar-refractivity contribution >= 4 is 35.0 Å². The first-order valence-corrected chi connectivity index (χ1v) is 7.87. The molecule has 24 heavy (non-hydrogen) atoms. The number of hydrogen-bond acceptors (Lipinski definition) is 6. The molecule has 0 aromatic heterocycles. The molecule has 0 aliphatic carbocycles. The number of benzene rings is 1. The van der Waals surface area contributed by atoms with E-state index in [2.05, 4.69) is 4.74 Å². The summed E-state index contributed by atoms with van der Waals surface area (Å²) >= 11 is 5.64. The zero-order valence-corrected chi connectivity index (χ0v) is 14.2. The van der Waals surface area contributed by atoms with Crippen LogP contribution in [-0.2, 0) is 9.47 Å². The molecule has 0 radical (unpaired) electrons. The molecule has 0 heterocycles. The molecule has 0 spiro atoms. The number of esters is 1. The van der Waals surface area contributed by atoms with Crippen molar-refractivity contribution in [2.45, 2.75) is 19.8 Å². The first kappa shape index (κ1) is 19.7. The number of nitrogens with zero attached hydrogens (tertiary/aromatic N) is 2. The summed E-state index contributed by atoms with van der Waals surface area (Å²) in [6.07, 6.45) is 0.490. The highest BCUT2D eigenvalue weighted by Gasteiger charge is 2.30. The zero-order chi connectivity index (χ0) is 18.1. The Balaban J connectivity index is 3.39. The lowest BCUT2D eigenvalue weighted by Crippen LogP contribution is -2.34. The number of nitro groups is 1. The number of methoxy groups -OCH3 is 1. The molecule has 0 fully saturated rings. The fourth-order valence-corrected chi connectivity index (χ4v) is 2.28. The highest BCUT2D eigenvalue weighted by Crippen LogP contribution is 2.31. The number of carbonyl (C=O) groups excluding carboxylic acids is 2. The molecule has 0 saturated heterocycles. The minimum absolute atomic E-state index is 0.0732. The second-order valence-corrected chi connectivity index (χ2v) is 5.04. The predicted molar refractivity (Wildman–Crippen MR) is 88.8 cm³/mol. The standard InChI is InChI=1S/C15H19ClN2O6/c1-3-24-15(20)17(10-5-4-9-16)11-7-6-8-12(18(21)22)13(11)14(19)23-2/h6-8H,3-5,9-10H2,1-2H3. The SMILES string of the molecule is CCOC(=O)N(CCCCCl)c1cccc([N+](=O)[O-])c1C(=O)OC. The first-order valence-electron chi connectivity index (χ1n) is 7.33. The van der Waals surface area contributed by atoms with E-state index in [9.17, 15) is 19.7 Å². The van der Waals surface area contributed by atoms with Crippen LogP contribution in [0.4, 0.5) is 16.2 Å². The number of nitro benzene ring substituents is 1. The van der Waals surface area contributed by atoms with Gasteiger partial charge >= 0.3 is 12.1 Å². The largest absolute Gasteiger partial charge is 0.465 e. The quantitative estimate of drug-likeness (QED) is 0.232. The Morgan fingerprint density at radius 1 is 1.33 bits per heavy atom. The molecule has 0 aliphatic rings. The highest BCUT2D eigenvalue weighted by atomic mass is 35.5. The van der Waals surface area contributed by atoms with Crippen LogP contribution in [0, 0.1) is 10.1 Å². The van der Waals surface area contributed by atoms with Crippen LogP contribution >= 0.6 is 11.6 Å². The normalized spacial score (nSPS) is 10.1. The molecule has 0 bridgehead atoms. The van der Waals surface area contributed by atoms with Gasteiger partial charge in [0.05, 0.1) is 24.3 Å². The van der Waals surface area contributed by atoms with Crippen LogP contribution in [0.3, 0.4) is 0 Å². The third-order valence-electron chi connectivity index (χ3n) is 3.15. The third kappa shape index (κ3) is 4.82. The maximum Gasteiger partial charge on any atom is 0.414 e. The molecule has 1 rings (SSSR count). The number of hydrogen-bond donors (Lipinski definition) is 0. The second kappa shape index (κ2) is 9.71. The number of rotatable bonds is 8. The fraction of sp³-hybridized carbons (Fsp3) is 0.467. The van der Waals surface area contributed by atoms with E-state index in [-0.39, 0.29) is 24.4 Å². The Hall–Kier alpha value is -2.35. The highest BCUT2D eigenvalue weighted by molar-refractivity contribution is 6.17. The van der Waals surface area contributed by atoms with Gasteiger partial charge in [-0.2, -0.15) is 0 Å². The summed E-state index contributed by atoms with van der Waals surface area (Å²) in [5.41, 5.74) is -0.654. The molecule has 0 atom stereocenters. The van der Waals surface area contributed by atoms with Crippen LogP contribution in [0.2, 0.25) is 0 Å². The Labute approximate surface area is 144 Å². The first-order chi connectivity index (χ1) is 11.5. The molecule has 132 valence electrons. The molecule has 0 N–H and O–H groups in total. The number of carbonyl (C=O) groups is 2. The van der Waals surface area contributed by atoms with Crippen LogP contribution in [0.1, 0.15) is 30.1 Å². The summed E-state index contributed by atoms with van der Waals surface area (Å²) in [5, 5.41) is 11.2. The topological polar surface area (TPSA) is 99.0 Å². The Morgan fingerprint density at radius 2 is 2.04 bits per heavy atom. The van der Waals surface area contributed by atoms with E-state index in [1.165, 1.54) is 23.1 Å². The minimum Gasteiger partial charge on any atom is -0.465 e. The average Bonchev–Trinajstić information content (AvgIpc) is 2.57. The molecule has 9 heteroatoms. The number of anilines is 1. The van der Waals surface area contributed by atoms with Crippen molar-refractivity contribution in [1.82, 2.24) is 0 Å². The van der Waals surface area contributed by atoms with Gasteiger partial charge in [-0.25, -0.2) is 9.59 Å². The molecule has 0 aliphatic heterocycles. The van der Waals surface area contributed by atoms with Crippen molar-refractivity contribution in [1.29, 1.82) is 0 Å². The van der Waals surface area contributed by atoms with Crippen molar-refractivity contribution in [2.75, 3.05) is 31.0 Å². The van der Waals surface area contributed by atoms with Crippen LogP contribution in [0.25, 0.3) is 0 Å². The van der Waals surface area contributed by atoms with Gasteiger partial charge in [0.1, 0.15) is 0 Å². The fourth-order valence-electron chi connectivity index (χ4n) is 2.09. The van der Waals surface area contributed by atoms with Crippen molar-refractivity contribution in [3.05, 3.63) is 33.9 Å². The minimum atomic E-state index is -0.899. The van der Waals surface area contributed by atoms with Crippen molar-refractivity contribution < 1.29 is 24.0 Å². The van der Waals surface area contributed by atoms with Gasteiger partial charge in [-0.3, -0.25) is 15.0 Å². The van der Waals surface area contributed by atoms with E-state index in [1.807, 2.05) is 0 Å². The van der Waals surface area contributed by atoms with Crippen LogP contribution in [-0.4, -0.2) is 43.1 Å². The van der Waals surface area contributed by atoms with Gasteiger partial charge in [-0.1, -0.05) is 6.07 Å². The van der Waals surface area contributed by atoms with Crippen LogP contribution in [0.5, 0.6) is 0 Å². The van der Waals surface area contributed by atoms with Crippen molar-refractivity contribution in [3.63, 3.8) is 0 Å². The number of alkyl halides is 1. The smallest absolute Gasteiger partial charge is 0.414 e. The molecule has 0 unspecified atom stereocenters. The number of halogens is 1. The monoisotopic (exact) mass is 358 g/mol. The third-order valence-corrected chi connectivity index (χ3v) is 3.42. The molecular weight excluding hydrogens is 340 g/mol. The predicted octanol–water partition coefficient (Wildman–Crippen LogP) is 3.36. The van der Waals surface area contributed by atoms with Crippen LogP contribution in [0.15, 0.2) is 18.2 Å². The molecular formula is C15H19ClN2O6. The number of amides is 1. The lowest BCUT2D eigenvalue weighted by molar-refractivity contribution is -0.385. The molecule has 1 amide bonds. The lowest BCUT2D eigenvalue weighted by atomic mass is 10.1. The van der Waals surface area contributed by atoms with Crippen LogP contribution < -0.4 is 4.90 Å².